The highest BCUT2D eigenvalue weighted by Gasteiger charge is 2.20. The van der Waals surface area contributed by atoms with E-state index in [1.807, 2.05) is 42.5 Å². The van der Waals surface area contributed by atoms with Crippen LogP contribution in [0, 0.1) is 0 Å². The van der Waals surface area contributed by atoms with E-state index in [1.165, 1.54) is 12.8 Å². The van der Waals surface area contributed by atoms with Gasteiger partial charge < -0.3 is 14.8 Å². The van der Waals surface area contributed by atoms with Crippen molar-refractivity contribution in [1.82, 2.24) is 10.3 Å². The number of hydrogen-bond donors (Lipinski definition) is 1. The molecule has 0 unspecified atom stereocenters. The summed E-state index contributed by atoms with van der Waals surface area (Å²) in [6.45, 7) is 1.31. The van der Waals surface area contributed by atoms with Crippen molar-refractivity contribution >= 4 is 0 Å². The van der Waals surface area contributed by atoms with Gasteiger partial charge in [0.1, 0.15) is 18.1 Å². The van der Waals surface area contributed by atoms with Crippen LogP contribution < -0.4 is 14.8 Å². The molecule has 4 nitrogen and oxygen atoms in total. The Balaban J connectivity index is 1.54. The SMILES string of the molecule is COc1ccc(OCc2cccc(CNC3CC3)n2)cc1. The number of nitrogens with zero attached hydrogens (tertiary/aromatic N) is 1. The third-order valence-electron chi connectivity index (χ3n) is 3.46. The maximum Gasteiger partial charge on any atom is 0.130 e. The molecule has 0 amide bonds. The molecule has 0 radical (unpaired) electrons. The Hall–Kier alpha value is -2.07. The largest absolute Gasteiger partial charge is 0.497 e. The van der Waals surface area contributed by atoms with Crippen molar-refractivity contribution in [3.63, 3.8) is 0 Å². The van der Waals surface area contributed by atoms with Crippen LogP contribution in [0.3, 0.4) is 0 Å². The van der Waals surface area contributed by atoms with Crippen LogP contribution in [0.25, 0.3) is 0 Å². The van der Waals surface area contributed by atoms with Gasteiger partial charge in [0.25, 0.3) is 0 Å². The van der Waals surface area contributed by atoms with Crippen LogP contribution in [0.1, 0.15) is 24.2 Å². The molecule has 21 heavy (non-hydrogen) atoms. The zero-order valence-electron chi connectivity index (χ0n) is 12.2. The molecule has 1 N–H and O–H groups in total. The Bertz CT molecular complexity index is 580. The first-order valence-corrected chi connectivity index (χ1v) is 7.28. The third-order valence-corrected chi connectivity index (χ3v) is 3.46. The van der Waals surface area contributed by atoms with Crippen LogP contribution in [-0.4, -0.2) is 18.1 Å². The standard InChI is InChI=1S/C17H20N2O2/c1-20-16-7-9-17(10-8-16)21-12-15-4-2-3-14(19-15)11-18-13-5-6-13/h2-4,7-10,13,18H,5-6,11-12H2,1H3. The predicted octanol–water partition coefficient (Wildman–Crippen LogP) is 2.92. The van der Waals surface area contributed by atoms with E-state index < -0.39 is 0 Å². The first kappa shape index (κ1) is 13.9. The fourth-order valence-corrected chi connectivity index (χ4v) is 2.07. The van der Waals surface area contributed by atoms with Crippen molar-refractivity contribution in [3.8, 4) is 11.5 Å². The van der Waals surface area contributed by atoms with Gasteiger partial charge in [-0.05, 0) is 49.2 Å². The molecule has 0 aliphatic heterocycles. The molecule has 4 heteroatoms. The maximum absolute atomic E-state index is 5.75. The van der Waals surface area contributed by atoms with Gasteiger partial charge in [-0.15, -0.1) is 0 Å². The summed E-state index contributed by atoms with van der Waals surface area (Å²) in [6, 6.07) is 14.3. The lowest BCUT2D eigenvalue weighted by molar-refractivity contribution is 0.300. The van der Waals surface area contributed by atoms with Gasteiger partial charge in [-0.25, -0.2) is 0 Å². The number of rotatable bonds is 7. The summed E-state index contributed by atoms with van der Waals surface area (Å²) in [5.74, 6) is 1.65. The molecule has 1 aromatic heterocycles. The van der Waals surface area contributed by atoms with Gasteiger partial charge in [0.05, 0.1) is 18.5 Å². The Morgan fingerprint density at radius 3 is 2.48 bits per heavy atom. The zero-order valence-corrected chi connectivity index (χ0v) is 12.2. The molecule has 110 valence electrons. The molecule has 0 saturated heterocycles. The molecule has 1 fully saturated rings. The number of benzene rings is 1. The lowest BCUT2D eigenvalue weighted by Gasteiger charge is -2.08. The van der Waals surface area contributed by atoms with Crippen molar-refractivity contribution < 1.29 is 9.47 Å². The van der Waals surface area contributed by atoms with E-state index in [9.17, 15) is 0 Å². The monoisotopic (exact) mass is 284 g/mol. The highest BCUT2D eigenvalue weighted by Crippen LogP contribution is 2.19. The fraction of sp³-hybridized carbons (Fsp3) is 0.353. The van der Waals surface area contributed by atoms with Crippen LogP contribution >= 0.6 is 0 Å². The van der Waals surface area contributed by atoms with Gasteiger partial charge in [-0.2, -0.15) is 0 Å². The quantitative estimate of drug-likeness (QED) is 0.849. The highest BCUT2D eigenvalue weighted by atomic mass is 16.5. The summed E-state index contributed by atoms with van der Waals surface area (Å²) < 4.78 is 10.9. The number of ether oxygens (including phenoxy) is 2. The van der Waals surface area contributed by atoms with Gasteiger partial charge in [0.15, 0.2) is 0 Å². The molecule has 1 saturated carbocycles. The van der Waals surface area contributed by atoms with Crippen LogP contribution in [0.5, 0.6) is 11.5 Å². The summed E-state index contributed by atoms with van der Waals surface area (Å²) >= 11 is 0. The van der Waals surface area contributed by atoms with Crippen molar-refractivity contribution in [2.45, 2.75) is 32.0 Å². The Morgan fingerprint density at radius 2 is 1.76 bits per heavy atom. The van der Waals surface area contributed by atoms with E-state index in [4.69, 9.17) is 9.47 Å². The van der Waals surface area contributed by atoms with Gasteiger partial charge in [0.2, 0.25) is 0 Å². The van der Waals surface area contributed by atoms with Crippen molar-refractivity contribution in [1.29, 1.82) is 0 Å². The average Bonchev–Trinajstić information content (AvgIpc) is 3.36. The normalized spacial score (nSPS) is 14.0. The van der Waals surface area contributed by atoms with Crippen molar-refractivity contribution in [3.05, 3.63) is 53.9 Å². The Kier molecular flexibility index (Phi) is 4.36. The highest BCUT2D eigenvalue weighted by molar-refractivity contribution is 5.31. The van der Waals surface area contributed by atoms with E-state index in [0.717, 1.165) is 29.4 Å². The molecule has 0 spiro atoms. The number of methoxy groups -OCH3 is 1. The molecular weight excluding hydrogens is 264 g/mol. The molecule has 1 aromatic carbocycles. The number of aromatic nitrogens is 1. The number of nitrogens with one attached hydrogen (secondary N) is 1. The molecule has 3 rings (SSSR count). The first-order chi connectivity index (χ1) is 10.3. The molecule has 2 aromatic rings. The van der Waals surface area contributed by atoms with E-state index in [2.05, 4.69) is 10.3 Å². The minimum atomic E-state index is 0.476. The van der Waals surface area contributed by atoms with Crippen LogP contribution in [0.4, 0.5) is 0 Å². The molecule has 1 heterocycles. The van der Waals surface area contributed by atoms with Crippen molar-refractivity contribution in [2.24, 2.45) is 0 Å². The summed E-state index contributed by atoms with van der Waals surface area (Å²) in [7, 11) is 1.65. The topological polar surface area (TPSA) is 43.4 Å². The van der Waals surface area contributed by atoms with Crippen LogP contribution in [-0.2, 0) is 13.2 Å². The van der Waals surface area contributed by atoms with Gasteiger partial charge >= 0.3 is 0 Å². The van der Waals surface area contributed by atoms with E-state index >= 15 is 0 Å². The zero-order chi connectivity index (χ0) is 14.5. The average molecular weight is 284 g/mol. The maximum atomic E-state index is 5.75. The third kappa shape index (κ3) is 4.20. The minimum Gasteiger partial charge on any atom is -0.497 e. The van der Waals surface area contributed by atoms with Crippen LogP contribution in [0.15, 0.2) is 42.5 Å². The van der Waals surface area contributed by atoms with Crippen LogP contribution in [0.2, 0.25) is 0 Å². The predicted molar refractivity (Wildman–Crippen MR) is 81.4 cm³/mol. The smallest absolute Gasteiger partial charge is 0.130 e. The number of pyridine rings is 1. The second-order valence-electron chi connectivity index (χ2n) is 5.24. The number of hydrogen-bond acceptors (Lipinski definition) is 4. The van der Waals surface area contributed by atoms with Gasteiger partial charge in [-0.3, -0.25) is 4.98 Å². The van der Waals surface area contributed by atoms with E-state index in [-0.39, 0.29) is 0 Å². The Labute approximate surface area is 125 Å². The fourth-order valence-electron chi connectivity index (χ4n) is 2.07. The summed E-state index contributed by atoms with van der Waals surface area (Å²) in [5, 5.41) is 3.47. The summed E-state index contributed by atoms with van der Waals surface area (Å²) in [6.07, 6.45) is 2.58. The first-order valence-electron chi connectivity index (χ1n) is 7.28. The molecule has 0 bridgehead atoms. The lowest BCUT2D eigenvalue weighted by Crippen LogP contribution is -2.16. The summed E-state index contributed by atoms with van der Waals surface area (Å²) in [5.41, 5.74) is 2.01. The molecular formula is C17H20N2O2. The Morgan fingerprint density at radius 1 is 1.05 bits per heavy atom. The molecule has 1 aliphatic carbocycles. The minimum absolute atomic E-state index is 0.476. The molecule has 0 atom stereocenters. The summed E-state index contributed by atoms with van der Waals surface area (Å²) in [4.78, 5) is 4.61. The second kappa shape index (κ2) is 6.59. The van der Waals surface area contributed by atoms with Gasteiger partial charge in [0, 0.05) is 12.6 Å². The van der Waals surface area contributed by atoms with Crippen molar-refractivity contribution in [2.75, 3.05) is 7.11 Å². The van der Waals surface area contributed by atoms with E-state index in [1.54, 1.807) is 7.11 Å². The van der Waals surface area contributed by atoms with Gasteiger partial charge in [-0.1, -0.05) is 6.07 Å². The lowest BCUT2D eigenvalue weighted by atomic mass is 10.3. The second-order valence-corrected chi connectivity index (χ2v) is 5.24. The van der Waals surface area contributed by atoms with E-state index in [0.29, 0.717) is 12.6 Å². The molecule has 1 aliphatic rings.